The van der Waals surface area contributed by atoms with Crippen LogP contribution in [0.1, 0.15) is 10.4 Å². The lowest BCUT2D eigenvalue weighted by Crippen LogP contribution is -2.27. The summed E-state index contributed by atoms with van der Waals surface area (Å²) in [6.07, 6.45) is 0. The van der Waals surface area contributed by atoms with Crippen molar-refractivity contribution < 1.29 is 17.9 Å². The van der Waals surface area contributed by atoms with Crippen molar-refractivity contribution in [3.63, 3.8) is 0 Å². The summed E-state index contributed by atoms with van der Waals surface area (Å²) >= 11 is 1.14. The average Bonchev–Trinajstić information content (AvgIpc) is 2.96. The fourth-order valence-electron chi connectivity index (χ4n) is 1.67. The maximum absolute atomic E-state index is 12.6. The van der Waals surface area contributed by atoms with Crippen molar-refractivity contribution in [2.45, 2.75) is 4.90 Å². The lowest BCUT2D eigenvalue weighted by atomic mass is 10.3. The van der Waals surface area contributed by atoms with E-state index in [1.807, 2.05) is 0 Å². The summed E-state index contributed by atoms with van der Waals surface area (Å²) in [5.74, 6) is -0.661. The summed E-state index contributed by atoms with van der Waals surface area (Å²) in [4.78, 5) is 11.6. The summed E-state index contributed by atoms with van der Waals surface area (Å²) in [6.45, 7) is 0. The molecule has 5 nitrogen and oxygen atoms in total. The number of hydrogen-bond acceptors (Lipinski definition) is 5. The summed E-state index contributed by atoms with van der Waals surface area (Å²) in [5, 5.41) is 2.90. The number of benzene rings is 1. The van der Waals surface area contributed by atoms with Crippen molar-refractivity contribution in [2.75, 3.05) is 18.5 Å². The lowest BCUT2D eigenvalue weighted by molar-refractivity contribution is 0.0597. The van der Waals surface area contributed by atoms with E-state index in [1.54, 1.807) is 30.3 Å². The van der Waals surface area contributed by atoms with Crippen LogP contribution in [0.15, 0.2) is 46.0 Å². The second-order valence-electron chi connectivity index (χ2n) is 3.95. The number of esters is 1. The van der Waals surface area contributed by atoms with Crippen LogP contribution in [0.4, 0.5) is 5.69 Å². The Hall–Kier alpha value is -1.86. The molecule has 0 aliphatic rings. The highest BCUT2D eigenvalue weighted by Gasteiger charge is 2.28. The molecule has 0 spiro atoms. The van der Waals surface area contributed by atoms with Gasteiger partial charge in [-0.05, 0) is 12.1 Å². The molecule has 106 valence electrons. The van der Waals surface area contributed by atoms with Crippen LogP contribution in [0.5, 0.6) is 0 Å². The van der Waals surface area contributed by atoms with E-state index in [1.165, 1.54) is 24.9 Å². The van der Waals surface area contributed by atoms with Gasteiger partial charge in [-0.1, -0.05) is 18.2 Å². The van der Waals surface area contributed by atoms with E-state index in [4.69, 9.17) is 0 Å². The largest absolute Gasteiger partial charge is 0.465 e. The van der Waals surface area contributed by atoms with E-state index in [2.05, 4.69) is 4.74 Å². The Bertz CT molecular complexity index is 707. The molecule has 1 aromatic heterocycles. The van der Waals surface area contributed by atoms with Crippen molar-refractivity contribution in [1.29, 1.82) is 0 Å². The maximum Gasteiger partial charge on any atom is 0.340 e. The first-order valence-electron chi connectivity index (χ1n) is 5.67. The molecule has 20 heavy (non-hydrogen) atoms. The third-order valence-electron chi connectivity index (χ3n) is 2.79. The van der Waals surface area contributed by atoms with Gasteiger partial charge in [0, 0.05) is 17.8 Å². The zero-order valence-electron chi connectivity index (χ0n) is 10.9. The van der Waals surface area contributed by atoms with Crippen LogP contribution in [0, 0.1) is 0 Å². The molecule has 7 heteroatoms. The number of para-hydroxylation sites is 1. The summed E-state index contributed by atoms with van der Waals surface area (Å²) < 4.78 is 30.9. The summed E-state index contributed by atoms with van der Waals surface area (Å²) in [7, 11) is -1.12. The van der Waals surface area contributed by atoms with Gasteiger partial charge in [0.25, 0.3) is 10.0 Å². The highest BCUT2D eigenvalue weighted by molar-refractivity contribution is 7.93. The molecule has 0 N–H and O–H groups in total. The van der Waals surface area contributed by atoms with Crippen molar-refractivity contribution >= 4 is 33.0 Å². The zero-order chi connectivity index (χ0) is 14.8. The molecule has 0 aliphatic carbocycles. The Kier molecular flexibility index (Phi) is 4.10. The Labute approximate surface area is 121 Å². The highest BCUT2D eigenvalue weighted by Crippen LogP contribution is 2.27. The molecular formula is C13H13NO4S2. The van der Waals surface area contributed by atoms with E-state index in [0.29, 0.717) is 5.69 Å². The summed E-state index contributed by atoms with van der Waals surface area (Å²) in [6, 6.07) is 8.66. The van der Waals surface area contributed by atoms with Crippen LogP contribution >= 0.6 is 11.3 Å². The number of rotatable bonds is 4. The lowest BCUT2D eigenvalue weighted by Gasteiger charge is -2.19. The number of methoxy groups -OCH3 is 1. The predicted molar refractivity (Wildman–Crippen MR) is 77.7 cm³/mol. The molecular weight excluding hydrogens is 298 g/mol. The van der Waals surface area contributed by atoms with Crippen molar-refractivity contribution in [2.24, 2.45) is 0 Å². The smallest absolute Gasteiger partial charge is 0.340 e. The molecule has 0 amide bonds. The first kappa shape index (κ1) is 14.5. The Morgan fingerprint density at radius 3 is 2.45 bits per heavy atom. The molecule has 2 aromatic rings. The average molecular weight is 311 g/mol. The van der Waals surface area contributed by atoms with Crippen molar-refractivity contribution in [3.8, 4) is 0 Å². The molecule has 2 rings (SSSR count). The van der Waals surface area contributed by atoms with E-state index in [9.17, 15) is 13.2 Å². The second-order valence-corrected chi connectivity index (χ2v) is 6.63. The van der Waals surface area contributed by atoms with E-state index in [0.717, 1.165) is 15.6 Å². The highest BCUT2D eigenvalue weighted by atomic mass is 32.2. The van der Waals surface area contributed by atoms with Gasteiger partial charge in [0.1, 0.15) is 4.90 Å². The monoisotopic (exact) mass is 311 g/mol. The fourth-order valence-corrected chi connectivity index (χ4v) is 4.19. The van der Waals surface area contributed by atoms with Gasteiger partial charge in [0.05, 0.1) is 18.4 Å². The zero-order valence-corrected chi connectivity index (χ0v) is 12.6. The van der Waals surface area contributed by atoms with Gasteiger partial charge < -0.3 is 4.74 Å². The van der Waals surface area contributed by atoms with E-state index >= 15 is 0 Å². The van der Waals surface area contributed by atoms with Gasteiger partial charge in [0.15, 0.2) is 0 Å². The molecule has 0 atom stereocenters. The minimum absolute atomic E-state index is 0.0410. The Morgan fingerprint density at radius 2 is 1.85 bits per heavy atom. The third kappa shape index (κ3) is 2.54. The molecule has 0 radical (unpaired) electrons. The van der Waals surface area contributed by atoms with Gasteiger partial charge in [-0.2, -0.15) is 11.3 Å². The van der Waals surface area contributed by atoms with Crippen molar-refractivity contribution in [3.05, 3.63) is 46.7 Å². The summed E-state index contributed by atoms with van der Waals surface area (Å²) in [5.41, 5.74) is 0.579. The van der Waals surface area contributed by atoms with Crippen LogP contribution in [0.25, 0.3) is 0 Å². The van der Waals surface area contributed by atoms with Gasteiger partial charge in [-0.25, -0.2) is 13.2 Å². The van der Waals surface area contributed by atoms with Crippen molar-refractivity contribution in [1.82, 2.24) is 0 Å². The molecule has 1 aromatic carbocycles. The van der Waals surface area contributed by atoms with E-state index < -0.39 is 16.0 Å². The van der Waals surface area contributed by atoms with Gasteiger partial charge in [-0.3, -0.25) is 4.31 Å². The number of carbonyl (C=O) groups excluding carboxylic acids is 1. The van der Waals surface area contributed by atoms with Gasteiger partial charge in [-0.15, -0.1) is 0 Å². The molecule has 0 unspecified atom stereocenters. The molecule has 0 saturated carbocycles. The molecule has 0 saturated heterocycles. The van der Waals surface area contributed by atoms with Crippen LogP contribution in [-0.2, 0) is 14.8 Å². The number of anilines is 1. The Balaban J connectivity index is 2.46. The number of sulfonamides is 1. The number of nitrogens with zero attached hydrogens (tertiary/aromatic N) is 1. The van der Waals surface area contributed by atoms with Crippen LogP contribution in [0.2, 0.25) is 0 Å². The second kappa shape index (κ2) is 5.64. The number of thiophene rings is 1. The minimum atomic E-state index is -3.79. The van der Waals surface area contributed by atoms with E-state index in [-0.39, 0.29) is 10.5 Å². The topological polar surface area (TPSA) is 63.7 Å². The quantitative estimate of drug-likeness (QED) is 0.813. The Morgan fingerprint density at radius 1 is 1.20 bits per heavy atom. The number of ether oxygens (including phenoxy) is 1. The molecule has 1 heterocycles. The fraction of sp³-hybridized carbons (Fsp3) is 0.154. The SMILES string of the molecule is COC(=O)c1cscc1S(=O)(=O)N(C)c1ccccc1. The van der Waals surface area contributed by atoms with Crippen LogP contribution < -0.4 is 4.31 Å². The molecule has 0 aliphatic heterocycles. The van der Waals surface area contributed by atoms with Gasteiger partial charge >= 0.3 is 5.97 Å². The number of hydrogen-bond donors (Lipinski definition) is 0. The molecule has 0 bridgehead atoms. The normalized spacial score (nSPS) is 11.1. The van der Waals surface area contributed by atoms with Crippen LogP contribution in [-0.4, -0.2) is 28.5 Å². The minimum Gasteiger partial charge on any atom is -0.465 e. The van der Waals surface area contributed by atoms with Crippen LogP contribution in [0.3, 0.4) is 0 Å². The first-order chi connectivity index (χ1) is 9.48. The standard InChI is InChI=1S/C13H13NO4S2/c1-14(10-6-4-3-5-7-10)20(16,17)12-9-19-8-11(12)13(15)18-2/h3-9H,1-2H3. The molecule has 0 fully saturated rings. The third-order valence-corrected chi connectivity index (χ3v) is 5.51. The predicted octanol–water partition coefficient (Wildman–Crippen LogP) is 2.36. The maximum atomic E-state index is 12.6. The number of carbonyl (C=O) groups is 1. The first-order valence-corrected chi connectivity index (χ1v) is 8.05. The van der Waals surface area contributed by atoms with Gasteiger partial charge in [0.2, 0.25) is 0 Å².